The lowest BCUT2D eigenvalue weighted by atomic mass is 10.1. The predicted octanol–water partition coefficient (Wildman–Crippen LogP) is 2.75. The third-order valence-electron chi connectivity index (χ3n) is 3.70. The smallest absolute Gasteiger partial charge is 0.407 e. The number of anilines is 1. The van der Waals surface area contributed by atoms with Crippen LogP contribution in [0.25, 0.3) is 0 Å². The zero-order valence-electron chi connectivity index (χ0n) is 15.0. The molecule has 1 heterocycles. The van der Waals surface area contributed by atoms with Crippen molar-refractivity contribution in [3.8, 4) is 0 Å². The van der Waals surface area contributed by atoms with Gasteiger partial charge in [-0.25, -0.2) is 9.18 Å². The van der Waals surface area contributed by atoms with E-state index >= 15 is 0 Å². The van der Waals surface area contributed by atoms with E-state index in [0.29, 0.717) is 12.2 Å². The Hall–Kier alpha value is -2.15. The highest BCUT2D eigenvalue weighted by atomic mass is 19.1. The molecule has 1 saturated heterocycles. The molecule has 0 unspecified atom stereocenters. The van der Waals surface area contributed by atoms with Crippen molar-refractivity contribution in [2.24, 2.45) is 0 Å². The minimum absolute atomic E-state index is 0.0504. The molecule has 0 aromatic heterocycles. The highest BCUT2D eigenvalue weighted by Gasteiger charge is 2.25. The number of likely N-dealkylation sites (tertiary alicyclic amines) is 1. The Morgan fingerprint density at radius 2 is 2.12 bits per heavy atom. The molecule has 0 aliphatic carbocycles. The second-order valence-corrected chi connectivity index (χ2v) is 7.28. The van der Waals surface area contributed by atoms with Gasteiger partial charge in [-0.3, -0.25) is 9.69 Å². The van der Waals surface area contributed by atoms with E-state index in [1.54, 1.807) is 12.1 Å². The summed E-state index contributed by atoms with van der Waals surface area (Å²) in [5, 5.41) is 5.54. The Kier molecular flexibility index (Phi) is 6.36. The van der Waals surface area contributed by atoms with E-state index in [1.807, 2.05) is 25.7 Å². The second kappa shape index (κ2) is 8.29. The van der Waals surface area contributed by atoms with E-state index in [0.717, 1.165) is 19.4 Å². The normalized spacial score (nSPS) is 18.5. The number of nitrogens with zero attached hydrogens (tertiary/aromatic N) is 1. The van der Waals surface area contributed by atoms with Crippen molar-refractivity contribution in [1.82, 2.24) is 10.2 Å². The molecule has 0 bridgehead atoms. The van der Waals surface area contributed by atoms with E-state index in [1.165, 1.54) is 12.1 Å². The predicted molar refractivity (Wildman–Crippen MR) is 93.9 cm³/mol. The molecule has 1 fully saturated rings. The van der Waals surface area contributed by atoms with Gasteiger partial charge in [-0.15, -0.1) is 0 Å². The van der Waals surface area contributed by atoms with Crippen molar-refractivity contribution in [2.75, 3.05) is 25.0 Å². The number of amides is 2. The molecule has 6 nitrogen and oxygen atoms in total. The fraction of sp³-hybridized carbons (Fsp3) is 0.556. The summed E-state index contributed by atoms with van der Waals surface area (Å²) < 4.78 is 18.4. The zero-order valence-corrected chi connectivity index (χ0v) is 15.0. The first kappa shape index (κ1) is 19.2. The Bertz CT molecular complexity index is 616. The first-order chi connectivity index (χ1) is 11.7. The van der Waals surface area contributed by atoms with Crippen LogP contribution in [0.15, 0.2) is 24.3 Å². The van der Waals surface area contributed by atoms with Crippen molar-refractivity contribution < 1.29 is 18.7 Å². The molecule has 138 valence electrons. The Labute approximate surface area is 147 Å². The standard InChI is InChI=1S/C18H26FN3O3/c1-18(2,3)25-17(24)21-15-8-5-9-22(11-15)12-16(23)20-14-7-4-6-13(19)10-14/h4,6-7,10,15H,5,8-9,11-12H2,1-3H3,(H,20,23)(H,21,24)/t15-/m0/s1. The average molecular weight is 351 g/mol. The van der Waals surface area contributed by atoms with Crippen molar-refractivity contribution in [1.29, 1.82) is 0 Å². The summed E-state index contributed by atoms with van der Waals surface area (Å²) in [6.07, 6.45) is 1.29. The molecule has 0 spiro atoms. The second-order valence-electron chi connectivity index (χ2n) is 7.28. The third-order valence-corrected chi connectivity index (χ3v) is 3.70. The van der Waals surface area contributed by atoms with Gasteiger partial charge in [0.25, 0.3) is 0 Å². The van der Waals surface area contributed by atoms with Crippen molar-refractivity contribution in [3.05, 3.63) is 30.1 Å². The van der Waals surface area contributed by atoms with Gasteiger partial charge in [0.05, 0.1) is 6.54 Å². The lowest BCUT2D eigenvalue weighted by Crippen LogP contribution is -2.50. The summed E-state index contributed by atoms with van der Waals surface area (Å²) in [5.74, 6) is -0.596. The number of alkyl carbamates (subject to hydrolysis) is 1. The fourth-order valence-electron chi connectivity index (χ4n) is 2.76. The van der Waals surface area contributed by atoms with Gasteiger partial charge in [-0.1, -0.05) is 6.07 Å². The van der Waals surface area contributed by atoms with Crippen LogP contribution in [0.1, 0.15) is 33.6 Å². The number of halogens is 1. The summed E-state index contributed by atoms with van der Waals surface area (Å²) in [5.41, 5.74) is -0.103. The average Bonchev–Trinajstić information content (AvgIpc) is 2.45. The van der Waals surface area contributed by atoms with E-state index in [-0.39, 0.29) is 18.5 Å². The van der Waals surface area contributed by atoms with E-state index in [4.69, 9.17) is 4.74 Å². The number of hydrogen-bond donors (Lipinski definition) is 2. The lowest BCUT2D eigenvalue weighted by Gasteiger charge is -2.33. The van der Waals surface area contributed by atoms with Crippen LogP contribution < -0.4 is 10.6 Å². The Balaban J connectivity index is 1.80. The first-order valence-electron chi connectivity index (χ1n) is 8.48. The van der Waals surface area contributed by atoms with Crippen LogP contribution in [0.2, 0.25) is 0 Å². The van der Waals surface area contributed by atoms with Gasteiger partial charge in [-0.2, -0.15) is 0 Å². The minimum Gasteiger partial charge on any atom is -0.444 e. The summed E-state index contributed by atoms with van der Waals surface area (Å²) in [4.78, 5) is 26.0. The SMILES string of the molecule is CC(C)(C)OC(=O)N[C@H]1CCCN(CC(=O)Nc2cccc(F)c2)C1. The highest BCUT2D eigenvalue weighted by Crippen LogP contribution is 2.13. The molecule has 0 saturated carbocycles. The molecule has 0 radical (unpaired) electrons. The van der Waals surface area contributed by atoms with E-state index in [9.17, 15) is 14.0 Å². The maximum Gasteiger partial charge on any atom is 0.407 e. The quantitative estimate of drug-likeness (QED) is 0.875. The summed E-state index contributed by atoms with van der Waals surface area (Å²) in [6, 6.07) is 5.75. The number of carbonyl (C=O) groups excluding carboxylic acids is 2. The Morgan fingerprint density at radius 3 is 2.80 bits per heavy atom. The van der Waals surface area contributed by atoms with Gasteiger partial charge >= 0.3 is 6.09 Å². The monoisotopic (exact) mass is 351 g/mol. The molecule has 25 heavy (non-hydrogen) atoms. The zero-order chi connectivity index (χ0) is 18.4. The van der Waals surface area contributed by atoms with Gasteiger partial charge in [0.15, 0.2) is 0 Å². The summed E-state index contributed by atoms with van der Waals surface area (Å²) in [7, 11) is 0. The molecule has 2 amide bonds. The highest BCUT2D eigenvalue weighted by molar-refractivity contribution is 5.92. The molecular formula is C18H26FN3O3. The van der Waals surface area contributed by atoms with Gasteiger partial charge in [0.2, 0.25) is 5.91 Å². The number of piperidine rings is 1. The number of carbonyl (C=O) groups is 2. The number of rotatable bonds is 4. The first-order valence-corrected chi connectivity index (χ1v) is 8.48. The number of hydrogen-bond acceptors (Lipinski definition) is 4. The van der Waals surface area contributed by atoms with Crippen molar-refractivity contribution >= 4 is 17.7 Å². The molecule has 2 rings (SSSR count). The van der Waals surface area contributed by atoms with Gasteiger partial charge < -0.3 is 15.4 Å². The molecule has 1 aromatic carbocycles. The van der Waals surface area contributed by atoms with Gasteiger partial charge in [0, 0.05) is 18.3 Å². The van der Waals surface area contributed by atoms with Crippen LogP contribution in [-0.4, -0.2) is 48.2 Å². The van der Waals surface area contributed by atoms with Gasteiger partial charge in [-0.05, 0) is 58.4 Å². The number of ether oxygens (including phenoxy) is 1. The fourth-order valence-corrected chi connectivity index (χ4v) is 2.76. The van der Waals surface area contributed by atoms with Crippen LogP contribution in [0.5, 0.6) is 0 Å². The molecule has 1 aliphatic heterocycles. The lowest BCUT2D eigenvalue weighted by molar-refractivity contribution is -0.117. The van der Waals surface area contributed by atoms with Crippen LogP contribution in [0.3, 0.4) is 0 Å². The van der Waals surface area contributed by atoms with Crippen LogP contribution in [0.4, 0.5) is 14.9 Å². The maximum absolute atomic E-state index is 13.2. The molecule has 2 N–H and O–H groups in total. The van der Waals surface area contributed by atoms with Gasteiger partial charge in [0.1, 0.15) is 11.4 Å². The van der Waals surface area contributed by atoms with Crippen LogP contribution >= 0.6 is 0 Å². The van der Waals surface area contributed by atoms with E-state index in [2.05, 4.69) is 10.6 Å². The molecular weight excluding hydrogens is 325 g/mol. The summed E-state index contributed by atoms with van der Waals surface area (Å²) in [6.45, 7) is 7.01. The number of nitrogens with one attached hydrogen (secondary N) is 2. The minimum atomic E-state index is -0.538. The third kappa shape index (κ3) is 7.09. The molecule has 1 aliphatic rings. The van der Waals surface area contributed by atoms with Crippen LogP contribution in [0, 0.1) is 5.82 Å². The van der Waals surface area contributed by atoms with Crippen molar-refractivity contribution in [3.63, 3.8) is 0 Å². The Morgan fingerprint density at radius 1 is 1.36 bits per heavy atom. The molecule has 1 aromatic rings. The topological polar surface area (TPSA) is 70.7 Å². The number of benzene rings is 1. The van der Waals surface area contributed by atoms with Crippen molar-refractivity contribution in [2.45, 2.75) is 45.3 Å². The van der Waals surface area contributed by atoms with Crippen LogP contribution in [-0.2, 0) is 9.53 Å². The summed E-state index contributed by atoms with van der Waals surface area (Å²) >= 11 is 0. The molecule has 1 atom stereocenters. The maximum atomic E-state index is 13.2. The molecule has 7 heteroatoms. The largest absolute Gasteiger partial charge is 0.444 e. The van der Waals surface area contributed by atoms with E-state index < -0.39 is 17.5 Å².